The van der Waals surface area contributed by atoms with E-state index in [2.05, 4.69) is 0 Å². The minimum absolute atomic E-state index is 0.583. The highest BCUT2D eigenvalue weighted by molar-refractivity contribution is 5.94. The Hall–Kier alpha value is -1.70. The van der Waals surface area contributed by atoms with Crippen molar-refractivity contribution in [1.29, 1.82) is 0 Å². The van der Waals surface area contributed by atoms with Crippen LogP contribution in [-0.4, -0.2) is 23.6 Å². The molecule has 3 nitrogen and oxygen atoms in total. The first-order valence-electron chi connectivity index (χ1n) is 4.59. The van der Waals surface area contributed by atoms with Gasteiger partial charge in [0.2, 0.25) is 11.5 Å². The molecule has 0 fully saturated rings. The summed E-state index contributed by atoms with van der Waals surface area (Å²) in [4.78, 5) is 10.9. The van der Waals surface area contributed by atoms with Gasteiger partial charge in [0.05, 0.1) is 0 Å². The van der Waals surface area contributed by atoms with E-state index >= 15 is 0 Å². The summed E-state index contributed by atoms with van der Waals surface area (Å²) in [6.45, 7) is 0. The lowest BCUT2D eigenvalue weighted by atomic mass is 9.89. The minimum atomic E-state index is -5.65. The third kappa shape index (κ3) is 2.15. The Bertz CT molecular complexity index is 460. The van der Waals surface area contributed by atoms with Gasteiger partial charge in [0.1, 0.15) is 0 Å². The molecule has 1 rings (SSSR count). The maximum Gasteiger partial charge on any atom is 0.427 e. The molecule has 0 radical (unpaired) electrons. The van der Waals surface area contributed by atoms with Gasteiger partial charge in [-0.25, -0.2) is 8.78 Å². The number of nitrogens with two attached hydrogens (primary N) is 1. The molecule has 0 aromatic heterocycles. The van der Waals surface area contributed by atoms with Crippen molar-refractivity contribution in [3.05, 3.63) is 35.4 Å². The van der Waals surface area contributed by atoms with Crippen molar-refractivity contribution in [2.24, 2.45) is 5.73 Å². The second-order valence-electron chi connectivity index (χ2n) is 3.47. The fourth-order valence-corrected chi connectivity index (χ4v) is 1.42. The van der Waals surface area contributed by atoms with Gasteiger partial charge in [-0.3, -0.25) is 4.79 Å². The van der Waals surface area contributed by atoms with Crippen LogP contribution in [0.3, 0.4) is 0 Å². The summed E-state index contributed by atoms with van der Waals surface area (Å²) in [5.41, 5.74) is -1.71. The van der Waals surface area contributed by atoms with Crippen LogP contribution in [0.4, 0.5) is 22.0 Å². The second kappa shape index (κ2) is 4.52. The van der Waals surface area contributed by atoms with Gasteiger partial charge in [-0.1, -0.05) is 18.2 Å². The summed E-state index contributed by atoms with van der Waals surface area (Å²) in [6, 6.07) is 3.54. The predicted octanol–water partition coefficient (Wildman–Crippen LogP) is 1.80. The lowest BCUT2D eigenvalue weighted by Crippen LogP contribution is -2.49. The summed E-state index contributed by atoms with van der Waals surface area (Å²) < 4.78 is 63.0. The molecule has 1 aromatic rings. The highest BCUT2D eigenvalue weighted by atomic mass is 19.4. The minimum Gasteiger partial charge on any atom is -0.372 e. The van der Waals surface area contributed by atoms with E-state index in [1.54, 1.807) is 0 Å². The van der Waals surface area contributed by atoms with E-state index in [4.69, 9.17) is 5.73 Å². The normalized spacial score (nSPS) is 15.5. The Morgan fingerprint density at radius 2 is 1.72 bits per heavy atom. The van der Waals surface area contributed by atoms with E-state index in [0.29, 0.717) is 6.07 Å². The molecule has 1 aromatic carbocycles. The fraction of sp³-hybridized carbons (Fsp3) is 0.300. The number of hydrogen-bond acceptors (Lipinski definition) is 2. The van der Waals surface area contributed by atoms with E-state index in [-0.39, 0.29) is 0 Å². The number of rotatable bonds is 3. The number of carbonyl (C=O) groups is 1. The Balaban J connectivity index is 3.55. The summed E-state index contributed by atoms with van der Waals surface area (Å²) in [6.07, 6.45) is -9.80. The third-order valence-electron chi connectivity index (χ3n) is 2.35. The first kappa shape index (κ1) is 14.4. The van der Waals surface area contributed by atoms with Crippen molar-refractivity contribution in [2.45, 2.75) is 18.2 Å². The van der Waals surface area contributed by atoms with E-state index in [1.807, 2.05) is 0 Å². The summed E-state index contributed by atoms with van der Waals surface area (Å²) in [5.74, 6) is -1.34. The number of primary amides is 1. The number of hydrogen-bond donors (Lipinski definition) is 2. The number of halogens is 5. The van der Waals surface area contributed by atoms with Crippen molar-refractivity contribution in [3.63, 3.8) is 0 Å². The molecular formula is C10H8F5NO2. The molecule has 1 amide bonds. The van der Waals surface area contributed by atoms with E-state index in [0.717, 1.165) is 18.2 Å². The van der Waals surface area contributed by atoms with Crippen LogP contribution in [0.2, 0.25) is 0 Å². The van der Waals surface area contributed by atoms with Crippen molar-refractivity contribution in [2.75, 3.05) is 0 Å². The van der Waals surface area contributed by atoms with E-state index in [1.165, 1.54) is 0 Å². The van der Waals surface area contributed by atoms with Crippen LogP contribution in [0.15, 0.2) is 24.3 Å². The number of carbonyl (C=O) groups excluding carboxylic acids is 1. The maximum absolute atomic E-state index is 12.6. The number of amides is 1. The van der Waals surface area contributed by atoms with Crippen LogP contribution in [-0.2, 0) is 5.60 Å². The molecule has 3 N–H and O–H groups in total. The van der Waals surface area contributed by atoms with Gasteiger partial charge in [0.25, 0.3) is 6.43 Å². The van der Waals surface area contributed by atoms with Crippen molar-refractivity contribution in [3.8, 4) is 0 Å². The molecular weight excluding hydrogens is 261 g/mol. The van der Waals surface area contributed by atoms with E-state index < -0.39 is 35.2 Å². The SMILES string of the molecule is NC(=O)c1ccccc1C(O)(C(F)F)C(F)(F)F. The van der Waals surface area contributed by atoms with Crippen LogP contribution in [0.1, 0.15) is 15.9 Å². The molecule has 1 unspecified atom stereocenters. The lowest BCUT2D eigenvalue weighted by Gasteiger charge is -2.31. The molecule has 0 aliphatic heterocycles. The van der Waals surface area contributed by atoms with Gasteiger partial charge in [-0.2, -0.15) is 13.2 Å². The molecule has 0 bridgehead atoms. The van der Waals surface area contributed by atoms with Gasteiger partial charge in [-0.15, -0.1) is 0 Å². The molecule has 8 heteroatoms. The third-order valence-corrected chi connectivity index (χ3v) is 2.35. The van der Waals surface area contributed by atoms with Crippen LogP contribution < -0.4 is 5.73 Å². The second-order valence-corrected chi connectivity index (χ2v) is 3.47. The van der Waals surface area contributed by atoms with Crippen LogP contribution in [0.5, 0.6) is 0 Å². The zero-order chi connectivity index (χ0) is 14.1. The molecule has 0 spiro atoms. The van der Waals surface area contributed by atoms with Crippen molar-refractivity contribution >= 4 is 5.91 Å². The summed E-state index contributed by atoms with van der Waals surface area (Å²) in [5, 5.41) is 9.24. The average molecular weight is 269 g/mol. The lowest BCUT2D eigenvalue weighted by molar-refractivity contribution is -0.305. The molecule has 100 valence electrons. The molecule has 0 aliphatic carbocycles. The quantitative estimate of drug-likeness (QED) is 0.822. The smallest absolute Gasteiger partial charge is 0.372 e. The Kier molecular flexibility index (Phi) is 3.61. The molecule has 0 heterocycles. The summed E-state index contributed by atoms with van der Waals surface area (Å²) in [7, 11) is 0. The molecule has 0 aliphatic rings. The van der Waals surface area contributed by atoms with Crippen LogP contribution in [0, 0.1) is 0 Å². The Labute approximate surface area is 98.0 Å². The maximum atomic E-state index is 12.6. The van der Waals surface area contributed by atoms with Crippen LogP contribution in [0.25, 0.3) is 0 Å². The standard InChI is InChI=1S/C10H8F5NO2/c11-8(12)9(18,10(13,14)15)6-4-2-1-3-5(6)7(16)17/h1-4,8,18H,(H2,16,17). The van der Waals surface area contributed by atoms with Gasteiger partial charge in [-0.05, 0) is 6.07 Å². The van der Waals surface area contributed by atoms with Gasteiger partial charge < -0.3 is 10.8 Å². The topological polar surface area (TPSA) is 63.3 Å². The van der Waals surface area contributed by atoms with Gasteiger partial charge >= 0.3 is 6.18 Å². The molecule has 1 atom stereocenters. The highest BCUT2D eigenvalue weighted by Gasteiger charge is 2.62. The van der Waals surface area contributed by atoms with Gasteiger partial charge in [0.15, 0.2) is 0 Å². The monoisotopic (exact) mass is 269 g/mol. The largest absolute Gasteiger partial charge is 0.427 e. The van der Waals surface area contributed by atoms with Crippen molar-refractivity contribution in [1.82, 2.24) is 0 Å². The van der Waals surface area contributed by atoms with Gasteiger partial charge in [0, 0.05) is 11.1 Å². The molecule has 0 saturated carbocycles. The average Bonchev–Trinajstić information content (AvgIpc) is 2.26. The Morgan fingerprint density at radius 3 is 2.11 bits per heavy atom. The van der Waals surface area contributed by atoms with Crippen LogP contribution >= 0.6 is 0 Å². The zero-order valence-corrected chi connectivity index (χ0v) is 8.71. The summed E-state index contributed by atoms with van der Waals surface area (Å²) >= 11 is 0. The number of benzene rings is 1. The number of alkyl halides is 5. The first-order valence-corrected chi connectivity index (χ1v) is 4.59. The molecule has 18 heavy (non-hydrogen) atoms. The Morgan fingerprint density at radius 1 is 1.22 bits per heavy atom. The zero-order valence-electron chi connectivity index (χ0n) is 8.71. The first-order chi connectivity index (χ1) is 8.12. The predicted molar refractivity (Wildman–Crippen MR) is 50.9 cm³/mol. The highest BCUT2D eigenvalue weighted by Crippen LogP contribution is 2.44. The fourth-order valence-electron chi connectivity index (χ4n) is 1.42. The van der Waals surface area contributed by atoms with E-state index in [9.17, 15) is 31.9 Å². The number of aliphatic hydroxyl groups is 1. The molecule has 0 saturated heterocycles. The van der Waals surface area contributed by atoms with Crippen molar-refractivity contribution < 1.29 is 31.9 Å².